The van der Waals surface area contributed by atoms with Crippen LogP contribution < -0.4 is 10.1 Å². The average Bonchev–Trinajstić information content (AvgIpc) is 2.81. The van der Waals surface area contributed by atoms with Crippen LogP contribution in [0.3, 0.4) is 0 Å². The van der Waals surface area contributed by atoms with Crippen molar-refractivity contribution < 1.29 is 9.53 Å². The molecule has 1 N–H and O–H groups in total. The highest BCUT2D eigenvalue weighted by molar-refractivity contribution is 5.90. The van der Waals surface area contributed by atoms with Crippen LogP contribution in [0, 0.1) is 0 Å². The van der Waals surface area contributed by atoms with Gasteiger partial charge in [0.25, 0.3) is 0 Å². The Morgan fingerprint density at radius 3 is 1.38 bits per heavy atom. The number of amides is 1. The molecule has 0 spiro atoms. The minimum absolute atomic E-state index is 0.113. The third kappa shape index (κ3) is 17.1. The third-order valence-corrected chi connectivity index (χ3v) is 6.38. The monoisotopic (exact) mass is 445 g/mol. The fourth-order valence-electron chi connectivity index (χ4n) is 4.26. The molecule has 0 atom stereocenters. The minimum atomic E-state index is 0.113. The van der Waals surface area contributed by atoms with Gasteiger partial charge < -0.3 is 10.1 Å². The van der Waals surface area contributed by atoms with Crippen molar-refractivity contribution in [2.75, 3.05) is 12.4 Å². The van der Waals surface area contributed by atoms with Gasteiger partial charge in [0.2, 0.25) is 5.91 Å². The number of rotatable bonds is 22. The lowest BCUT2D eigenvalue weighted by molar-refractivity contribution is -0.116. The number of unbranched alkanes of at least 4 members (excludes halogenated alkanes) is 18. The summed E-state index contributed by atoms with van der Waals surface area (Å²) in [6.45, 7) is 2.29. The van der Waals surface area contributed by atoms with Gasteiger partial charge in [-0.15, -0.1) is 0 Å². The third-order valence-electron chi connectivity index (χ3n) is 6.38. The lowest BCUT2D eigenvalue weighted by Crippen LogP contribution is -2.10. The van der Waals surface area contributed by atoms with Crippen LogP contribution in [0.4, 0.5) is 5.69 Å². The van der Waals surface area contributed by atoms with Crippen LogP contribution in [0.15, 0.2) is 24.3 Å². The van der Waals surface area contributed by atoms with Gasteiger partial charge in [-0.2, -0.15) is 0 Å². The highest BCUT2D eigenvalue weighted by Crippen LogP contribution is 2.17. The van der Waals surface area contributed by atoms with Gasteiger partial charge in [0.1, 0.15) is 5.75 Å². The highest BCUT2D eigenvalue weighted by atomic mass is 16.5. The zero-order chi connectivity index (χ0) is 23.1. The van der Waals surface area contributed by atoms with Crippen LogP contribution >= 0.6 is 0 Å². The summed E-state index contributed by atoms with van der Waals surface area (Å²) in [4.78, 5) is 12.0. The van der Waals surface area contributed by atoms with E-state index >= 15 is 0 Å². The normalized spacial score (nSPS) is 10.9. The van der Waals surface area contributed by atoms with Crippen molar-refractivity contribution >= 4 is 11.6 Å². The van der Waals surface area contributed by atoms with Crippen LogP contribution in [-0.4, -0.2) is 13.0 Å². The van der Waals surface area contributed by atoms with E-state index in [4.69, 9.17) is 4.74 Å². The highest BCUT2D eigenvalue weighted by Gasteiger charge is 2.02. The first-order valence-corrected chi connectivity index (χ1v) is 13.7. The molecular formula is C29H51NO2. The number of hydrogen-bond acceptors (Lipinski definition) is 2. The van der Waals surface area contributed by atoms with Crippen molar-refractivity contribution in [2.24, 2.45) is 0 Å². The Kier molecular flexibility index (Phi) is 19.0. The summed E-state index contributed by atoms with van der Waals surface area (Å²) in [7, 11) is 1.65. The molecule has 0 unspecified atom stereocenters. The van der Waals surface area contributed by atoms with E-state index in [1.165, 1.54) is 109 Å². The first-order valence-electron chi connectivity index (χ1n) is 13.7. The van der Waals surface area contributed by atoms with Crippen molar-refractivity contribution in [3.63, 3.8) is 0 Å². The van der Waals surface area contributed by atoms with Crippen molar-refractivity contribution in [2.45, 2.75) is 135 Å². The Bertz CT molecular complexity index is 541. The summed E-state index contributed by atoms with van der Waals surface area (Å²) in [6.07, 6.45) is 26.7. The molecule has 0 bridgehead atoms. The Morgan fingerprint density at radius 1 is 0.625 bits per heavy atom. The summed E-state index contributed by atoms with van der Waals surface area (Å²) in [5.41, 5.74) is 0.841. The summed E-state index contributed by atoms with van der Waals surface area (Å²) >= 11 is 0. The lowest BCUT2D eigenvalue weighted by Gasteiger charge is -2.06. The van der Waals surface area contributed by atoms with Gasteiger partial charge in [-0.3, -0.25) is 4.79 Å². The number of anilines is 1. The molecule has 1 rings (SSSR count). The molecule has 0 fully saturated rings. The van der Waals surface area contributed by atoms with Gasteiger partial charge in [0.05, 0.1) is 7.11 Å². The maximum absolute atomic E-state index is 12.0. The number of carbonyl (C=O) groups is 1. The summed E-state index contributed by atoms with van der Waals surface area (Å²) < 4.78 is 5.13. The molecule has 0 heterocycles. The van der Waals surface area contributed by atoms with Crippen molar-refractivity contribution in [3.05, 3.63) is 24.3 Å². The molecule has 0 radical (unpaired) electrons. The topological polar surface area (TPSA) is 38.3 Å². The van der Waals surface area contributed by atoms with Crippen LogP contribution in [0.25, 0.3) is 0 Å². The van der Waals surface area contributed by atoms with Crippen molar-refractivity contribution in [3.8, 4) is 5.75 Å². The minimum Gasteiger partial charge on any atom is -0.497 e. The smallest absolute Gasteiger partial charge is 0.224 e. The molecule has 0 aliphatic rings. The second-order valence-corrected chi connectivity index (χ2v) is 9.39. The van der Waals surface area contributed by atoms with Crippen LogP contribution in [0.1, 0.15) is 135 Å². The zero-order valence-electron chi connectivity index (χ0n) is 21.3. The Labute approximate surface area is 199 Å². The molecular weight excluding hydrogens is 394 g/mol. The molecule has 1 amide bonds. The number of nitrogens with one attached hydrogen (secondary N) is 1. The number of ether oxygens (including phenoxy) is 1. The van der Waals surface area contributed by atoms with Gasteiger partial charge in [-0.05, 0) is 30.7 Å². The summed E-state index contributed by atoms with van der Waals surface area (Å²) in [5, 5.41) is 2.96. The second-order valence-electron chi connectivity index (χ2n) is 9.39. The molecule has 3 nitrogen and oxygen atoms in total. The van der Waals surface area contributed by atoms with Crippen LogP contribution in [-0.2, 0) is 4.79 Å². The SMILES string of the molecule is CCCCCCCCCCCCCCCCCCCCCC(=O)Nc1ccc(OC)cc1. The fourth-order valence-corrected chi connectivity index (χ4v) is 4.26. The lowest BCUT2D eigenvalue weighted by atomic mass is 10.0. The molecule has 0 saturated heterocycles. The van der Waals surface area contributed by atoms with E-state index in [1.54, 1.807) is 7.11 Å². The first-order chi connectivity index (χ1) is 15.8. The largest absolute Gasteiger partial charge is 0.497 e. The number of carbonyl (C=O) groups excluding carboxylic acids is 1. The molecule has 1 aromatic rings. The average molecular weight is 446 g/mol. The molecule has 32 heavy (non-hydrogen) atoms. The van der Waals surface area contributed by atoms with Crippen molar-refractivity contribution in [1.82, 2.24) is 0 Å². The van der Waals surface area contributed by atoms with Crippen LogP contribution in [0.5, 0.6) is 5.75 Å². The van der Waals surface area contributed by atoms with Gasteiger partial charge >= 0.3 is 0 Å². The van der Waals surface area contributed by atoms with Gasteiger partial charge in [0, 0.05) is 12.1 Å². The predicted molar refractivity (Wildman–Crippen MR) is 140 cm³/mol. The van der Waals surface area contributed by atoms with E-state index in [9.17, 15) is 4.79 Å². The van der Waals surface area contributed by atoms with E-state index in [0.717, 1.165) is 24.3 Å². The quantitative estimate of drug-likeness (QED) is 0.180. The second kappa shape index (κ2) is 21.3. The van der Waals surface area contributed by atoms with E-state index in [1.807, 2.05) is 24.3 Å². The van der Waals surface area contributed by atoms with Gasteiger partial charge in [-0.1, -0.05) is 122 Å². The Balaban J connectivity index is 1.77. The number of benzene rings is 1. The van der Waals surface area contributed by atoms with Crippen LogP contribution in [0.2, 0.25) is 0 Å². The summed E-state index contributed by atoms with van der Waals surface area (Å²) in [5.74, 6) is 0.920. The molecule has 0 aliphatic heterocycles. The molecule has 184 valence electrons. The molecule has 1 aromatic carbocycles. The van der Waals surface area contributed by atoms with E-state index < -0.39 is 0 Å². The molecule has 0 aromatic heterocycles. The van der Waals surface area contributed by atoms with E-state index in [0.29, 0.717) is 6.42 Å². The maximum Gasteiger partial charge on any atom is 0.224 e. The number of methoxy groups -OCH3 is 1. The van der Waals surface area contributed by atoms with E-state index in [2.05, 4.69) is 12.2 Å². The van der Waals surface area contributed by atoms with Gasteiger partial charge in [-0.25, -0.2) is 0 Å². The Hall–Kier alpha value is -1.51. The first kappa shape index (κ1) is 28.5. The maximum atomic E-state index is 12.0. The summed E-state index contributed by atoms with van der Waals surface area (Å²) in [6, 6.07) is 7.50. The van der Waals surface area contributed by atoms with Gasteiger partial charge in [0.15, 0.2) is 0 Å². The standard InChI is InChI=1S/C29H51NO2/c1-3-4-5-6-7-8-9-10-11-12-13-14-15-16-17-18-19-20-21-22-29(31)30-27-23-25-28(32-2)26-24-27/h23-26H,3-22H2,1-2H3,(H,30,31). The van der Waals surface area contributed by atoms with E-state index in [-0.39, 0.29) is 5.91 Å². The molecule has 0 aliphatic carbocycles. The Morgan fingerprint density at radius 2 is 1.00 bits per heavy atom. The van der Waals surface area contributed by atoms with Crippen molar-refractivity contribution in [1.29, 1.82) is 0 Å². The fraction of sp³-hybridized carbons (Fsp3) is 0.759. The molecule has 3 heteroatoms. The number of hydrogen-bond donors (Lipinski definition) is 1. The molecule has 0 saturated carbocycles. The zero-order valence-corrected chi connectivity index (χ0v) is 21.3. The predicted octanol–water partition coefficient (Wildman–Crippen LogP) is 9.46.